The van der Waals surface area contributed by atoms with Crippen LogP contribution in [-0.4, -0.2) is 20.7 Å². The SMILES string of the molecule is O=C(CCCc1c[nH]c2ccccc12)NCc1ccc(Cn2cccn2)cc1. The molecule has 5 nitrogen and oxygen atoms in total. The highest BCUT2D eigenvalue weighted by atomic mass is 16.1. The first kappa shape index (κ1) is 18.0. The molecule has 142 valence electrons. The van der Waals surface area contributed by atoms with Gasteiger partial charge in [0.05, 0.1) is 6.54 Å². The molecule has 4 aromatic rings. The molecule has 0 aliphatic heterocycles. The quantitative estimate of drug-likeness (QED) is 0.490. The van der Waals surface area contributed by atoms with Gasteiger partial charge in [0.2, 0.25) is 5.91 Å². The lowest BCUT2D eigenvalue weighted by Gasteiger charge is -2.07. The van der Waals surface area contributed by atoms with Crippen LogP contribution >= 0.6 is 0 Å². The van der Waals surface area contributed by atoms with Crippen molar-refractivity contribution in [2.75, 3.05) is 0 Å². The number of amides is 1. The molecule has 0 aliphatic rings. The molecule has 2 heterocycles. The van der Waals surface area contributed by atoms with E-state index in [0.717, 1.165) is 30.5 Å². The van der Waals surface area contributed by atoms with Gasteiger partial charge in [0.15, 0.2) is 0 Å². The number of nitrogens with zero attached hydrogens (tertiary/aromatic N) is 2. The third-order valence-electron chi connectivity index (χ3n) is 4.94. The second kappa shape index (κ2) is 8.57. The minimum atomic E-state index is 0.0976. The smallest absolute Gasteiger partial charge is 0.220 e. The Hall–Kier alpha value is -3.34. The third-order valence-corrected chi connectivity index (χ3v) is 4.94. The largest absolute Gasteiger partial charge is 0.361 e. The summed E-state index contributed by atoms with van der Waals surface area (Å²) < 4.78 is 1.89. The van der Waals surface area contributed by atoms with Crippen LogP contribution in [0.5, 0.6) is 0 Å². The number of nitrogens with one attached hydrogen (secondary N) is 2. The maximum absolute atomic E-state index is 12.2. The zero-order valence-electron chi connectivity index (χ0n) is 15.8. The fraction of sp³-hybridized carbons (Fsp3) is 0.217. The Morgan fingerprint density at radius 1 is 1.04 bits per heavy atom. The summed E-state index contributed by atoms with van der Waals surface area (Å²) in [4.78, 5) is 15.4. The first-order valence-electron chi connectivity index (χ1n) is 9.65. The fourth-order valence-corrected chi connectivity index (χ4v) is 3.41. The second-order valence-corrected chi connectivity index (χ2v) is 7.01. The molecule has 2 aromatic carbocycles. The molecule has 0 unspecified atom stereocenters. The third kappa shape index (κ3) is 4.49. The van der Waals surface area contributed by atoms with Gasteiger partial charge in [-0.3, -0.25) is 9.48 Å². The van der Waals surface area contributed by atoms with Crippen molar-refractivity contribution in [3.05, 3.63) is 89.9 Å². The van der Waals surface area contributed by atoms with E-state index in [1.807, 2.05) is 35.3 Å². The molecular formula is C23H24N4O. The van der Waals surface area contributed by atoms with Crippen LogP contribution in [0.4, 0.5) is 0 Å². The molecule has 0 saturated heterocycles. The zero-order valence-corrected chi connectivity index (χ0v) is 15.8. The van der Waals surface area contributed by atoms with Crippen LogP contribution in [0, 0.1) is 0 Å². The lowest BCUT2D eigenvalue weighted by Crippen LogP contribution is -2.22. The highest BCUT2D eigenvalue weighted by molar-refractivity contribution is 5.83. The van der Waals surface area contributed by atoms with Crippen molar-refractivity contribution in [1.82, 2.24) is 20.1 Å². The molecular weight excluding hydrogens is 348 g/mol. The Kier molecular flexibility index (Phi) is 5.52. The summed E-state index contributed by atoms with van der Waals surface area (Å²) in [5.74, 6) is 0.0976. The van der Waals surface area contributed by atoms with Crippen LogP contribution in [0.3, 0.4) is 0 Å². The van der Waals surface area contributed by atoms with Crippen LogP contribution in [0.15, 0.2) is 73.2 Å². The lowest BCUT2D eigenvalue weighted by molar-refractivity contribution is -0.121. The number of carbonyl (C=O) groups is 1. The number of carbonyl (C=O) groups excluding carboxylic acids is 1. The van der Waals surface area contributed by atoms with E-state index in [0.29, 0.717) is 13.0 Å². The van der Waals surface area contributed by atoms with Gasteiger partial charge in [0.25, 0.3) is 0 Å². The summed E-state index contributed by atoms with van der Waals surface area (Å²) in [6, 6.07) is 18.5. The molecule has 0 radical (unpaired) electrons. The van der Waals surface area contributed by atoms with E-state index < -0.39 is 0 Å². The van der Waals surface area contributed by atoms with Crippen molar-refractivity contribution < 1.29 is 4.79 Å². The minimum absolute atomic E-state index is 0.0976. The summed E-state index contributed by atoms with van der Waals surface area (Å²) in [5, 5.41) is 8.48. The summed E-state index contributed by atoms with van der Waals surface area (Å²) in [7, 11) is 0. The summed E-state index contributed by atoms with van der Waals surface area (Å²) in [5.41, 5.74) is 4.72. The van der Waals surface area contributed by atoms with Crippen molar-refractivity contribution in [1.29, 1.82) is 0 Å². The second-order valence-electron chi connectivity index (χ2n) is 7.01. The number of hydrogen-bond acceptors (Lipinski definition) is 2. The summed E-state index contributed by atoms with van der Waals surface area (Å²) in [6.45, 7) is 1.32. The van der Waals surface area contributed by atoms with Gasteiger partial charge in [-0.05, 0) is 41.7 Å². The van der Waals surface area contributed by atoms with Crippen molar-refractivity contribution >= 4 is 16.8 Å². The number of H-pyrrole nitrogens is 1. The average Bonchev–Trinajstić information content (AvgIpc) is 3.38. The molecule has 2 aromatic heterocycles. The first-order chi connectivity index (χ1) is 13.8. The Morgan fingerprint density at radius 3 is 2.68 bits per heavy atom. The van der Waals surface area contributed by atoms with Crippen molar-refractivity contribution in [3.8, 4) is 0 Å². The highest BCUT2D eigenvalue weighted by Crippen LogP contribution is 2.19. The van der Waals surface area contributed by atoms with Gasteiger partial charge in [0, 0.05) is 42.5 Å². The molecule has 28 heavy (non-hydrogen) atoms. The van der Waals surface area contributed by atoms with E-state index in [2.05, 4.69) is 51.8 Å². The molecule has 1 amide bonds. The monoisotopic (exact) mass is 372 g/mol. The van der Waals surface area contributed by atoms with Crippen molar-refractivity contribution in [3.63, 3.8) is 0 Å². The summed E-state index contributed by atoms with van der Waals surface area (Å²) >= 11 is 0. The number of aromatic nitrogens is 3. The molecule has 4 rings (SSSR count). The lowest BCUT2D eigenvalue weighted by atomic mass is 10.1. The average molecular weight is 372 g/mol. The standard InChI is InChI=1S/C23H24N4O/c28-23(8-3-5-20-16-24-22-7-2-1-6-21(20)22)25-15-18-9-11-19(12-10-18)17-27-14-4-13-26-27/h1-2,4,6-7,9-14,16,24H,3,5,8,15,17H2,(H,25,28). The molecule has 0 atom stereocenters. The molecule has 0 saturated carbocycles. The topological polar surface area (TPSA) is 62.7 Å². The van der Waals surface area contributed by atoms with Gasteiger partial charge in [-0.15, -0.1) is 0 Å². The Labute approximate surface area is 164 Å². The number of benzene rings is 2. The van der Waals surface area contributed by atoms with E-state index in [-0.39, 0.29) is 5.91 Å². The normalized spacial score (nSPS) is 11.0. The molecule has 0 fully saturated rings. The number of aromatic amines is 1. The van der Waals surface area contributed by atoms with Crippen LogP contribution < -0.4 is 5.32 Å². The van der Waals surface area contributed by atoms with Gasteiger partial charge < -0.3 is 10.3 Å². The van der Waals surface area contributed by atoms with Crippen LogP contribution in [0.25, 0.3) is 10.9 Å². The predicted molar refractivity (Wildman–Crippen MR) is 111 cm³/mol. The molecule has 0 bridgehead atoms. The van der Waals surface area contributed by atoms with Crippen LogP contribution in [-0.2, 0) is 24.3 Å². The number of aryl methyl sites for hydroxylation is 1. The van der Waals surface area contributed by atoms with E-state index in [1.54, 1.807) is 6.20 Å². The van der Waals surface area contributed by atoms with E-state index in [9.17, 15) is 4.79 Å². The van der Waals surface area contributed by atoms with Gasteiger partial charge in [-0.1, -0.05) is 42.5 Å². The fourth-order valence-electron chi connectivity index (χ4n) is 3.41. The Bertz CT molecular complexity index is 1030. The molecule has 5 heteroatoms. The van der Waals surface area contributed by atoms with E-state index in [4.69, 9.17) is 0 Å². The van der Waals surface area contributed by atoms with Crippen molar-refractivity contribution in [2.45, 2.75) is 32.4 Å². The van der Waals surface area contributed by atoms with Crippen LogP contribution in [0.2, 0.25) is 0 Å². The Balaban J connectivity index is 1.21. The highest BCUT2D eigenvalue weighted by Gasteiger charge is 2.06. The number of rotatable bonds is 8. The zero-order chi connectivity index (χ0) is 19.2. The summed E-state index contributed by atoms with van der Waals surface area (Å²) in [6.07, 6.45) is 8.06. The number of fused-ring (bicyclic) bond motifs is 1. The van der Waals surface area contributed by atoms with Crippen LogP contribution in [0.1, 0.15) is 29.5 Å². The molecule has 0 spiro atoms. The van der Waals surface area contributed by atoms with E-state index in [1.165, 1.54) is 16.5 Å². The Morgan fingerprint density at radius 2 is 1.86 bits per heavy atom. The predicted octanol–water partition coefficient (Wildman–Crippen LogP) is 4.05. The molecule has 2 N–H and O–H groups in total. The number of para-hydroxylation sites is 1. The maximum Gasteiger partial charge on any atom is 0.220 e. The van der Waals surface area contributed by atoms with Gasteiger partial charge >= 0.3 is 0 Å². The number of hydrogen-bond donors (Lipinski definition) is 2. The minimum Gasteiger partial charge on any atom is -0.361 e. The first-order valence-corrected chi connectivity index (χ1v) is 9.65. The van der Waals surface area contributed by atoms with E-state index >= 15 is 0 Å². The molecule has 0 aliphatic carbocycles. The van der Waals surface area contributed by atoms with Gasteiger partial charge in [0.1, 0.15) is 0 Å². The maximum atomic E-state index is 12.2. The van der Waals surface area contributed by atoms with Gasteiger partial charge in [-0.2, -0.15) is 5.10 Å². The van der Waals surface area contributed by atoms with Crippen molar-refractivity contribution in [2.24, 2.45) is 0 Å². The van der Waals surface area contributed by atoms with Gasteiger partial charge in [-0.25, -0.2) is 0 Å².